The van der Waals surface area contributed by atoms with Crippen molar-refractivity contribution in [2.75, 3.05) is 10.6 Å². The summed E-state index contributed by atoms with van der Waals surface area (Å²) in [5, 5.41) is 3.46. The molecule has 1 aliphatic carbocycles. The molecule has 1 aliphatic rings. The van der Waals surface area contributed by atoms with Crippen LogP contribution in [0.1, 0.15) is 43.0 Å². The quantitative estimate of drug-likeness (QED) is 0.697. The van der Waals surface area contributed by atoms with Crippen molar-refractivity contribution in [3.63, 3.8) is 0 Å². The van der Waals surface area contributed by atoms with Gasteiger partial charge in [0, 0.05) is 0 Å². The van der Waals surface area contributed by atoms with Crippen LogP contribution in [-0.2, 0) is 27.7 Å². The lowest BCUT2D eigenvalue weighted by Gasteiger charge is -2.29. The summed E-state index contributed by atoms with van der Waals surface area (Å²) in [5.41, 5.74) is 3.98. The third-order valence-corrected chi connectivity index (χ3v) is 7.21. The molecule has 156 valence electrons. The lowest BCUT2D eigenvalue weighted by Crippen LogP contribution is -2.48. The first-order valence-corrected chi connectivity index (χ1v) is 12.0. The van der Waals surface area contributed by atoms with Gasteiger partial charge < -0.3 is 5.32 Å². The number of nitrogens with zero attached hydrogens (tertiary/aromatic N) is 1. The second-order valence-electron chi connectivity index (χ2n) is 7.45. The molecule has 0 fully saturated rings. The predicted octanol–water partition coefficient (Wildman–Crippen LogP) is 4.51. The number of benzene rings is 2. The zero-order valence-electron chi connectivity index (χ0n) is 16.6. The van der Waals surface area contributed by atoms with E-state index in [4.69, 9.17) is 23.2 Å². The molecule has 2 aromatic carbocycles. The molecule has 0 saturated heterocycles. The average molecular weight is 455 g/mol. The molecule has 1 amide bonds. The molecule has 0 aromatic heterocycles. The molecule has 0 unspecified atom stereocenters. The number of amides is 1. The minimum absolute atomic E-state index is 0.219. The molecule has 29 heavy (non-hydrogen) atoms. The highest BCUT2D eigenvalue weighted by atomic mass is 35.5. The van der Waals surface area contributed by atoms with Gasteiger partial charge in [-0.25, -0.2) is 8.42 Å². The van der Waals surface area contributed by atoms with Gasteiger partial charge in [-0.05, 0) is 68.0 Å². The SMILES string of the molecule is C[C@H](C(=O)N[C@H](C)c1ccc2c(c1)CCC2)N(c1ccc(Cl)c(Cl)c1)S(C)(=O)=O. The Hall–Kier alpha value is -1.76. The van der Waals surface area contributed by atoms with E-state index in [1.807, 2.05) is 13.0 Å². The van der Waals surface area contributed by atoms with E-state index in [-0.39, 0.29) is 16.8 Å². The largest absolute Gasteiger partial charge is 0.348 e. The van der Waals surface area contributed by atoms with E-state index in [0.29, 0.717) is 5.02 Å². The van der Waals surface area contributed by atoms with E-state index >= 15 is 0 Å². The van der Waals surface area contributed by atoms with Crippen LogP contribution in [0.25, 0.3) is 0 Å². The van der Waals surface area contributed by atoms with Gasteiger partial charge in [0.2, 0.25) is 15.9 Å². The van der Waals surface area contributed by atoms with E-state index in [2.05, 4.69) is 17.4 Å². The molecule has 1 N–H and O–H groups in total. The minimum atomic E-state index is -3.73. The van der Waals surface area contributed by atoms with Gasteiger partial charge in [-0.15, -0.1) is 0 Å². The van der Waals surface area contributed by atoms with Gasteiger partial charge in [0.15, 0.2) is 0 Å². The molecular weight excluding hydrogens is 431 g/mol. The summed E-state index contributed by atoms with van der Waals surface area (Å²) < 4.78 is 25.9. The first-order chi connectivity index (χ1) is 13.6. The Morgan fingerprint density at radius 1 is 1.03 bits per heavy atom. The topological polar surface area (TPSA) is 66.5 Å². The molecule has 0 radical (unpaired) electrons. The molecule has 5 nitrogen and oxygen atoms in total. The maximum atomic E-state index is 12.9. The van der Waals surface area contributed by atoms with Crippen molar-refractivity contribution in [2.24, 2.45) is 0 Å². The first-order valence-electron chi connectivity index (χ1n) is 9.44. The van der Waals surface area contributed by atoms with Gasteiger partial charge in [-0.3, -0.25) is 9.10 Å². The average Bonchev–Trinajstić information content (AvgIpc) is 3.11. The van der Waals surface area contributed by atoms with Crippen LogP contribution in [0.4, 0.5) is 5.69 Å². The van der Waals surface area contributed by atoms with Crippen LogP contribution in [0.15, 0.2) is 36.4 Å². The number of hydrogen-bond acceptors (Lipinski definition) is 3. The van der Waals surface area contributed by atoms with Gasteiger partial charge in [0.1, 0.15) is 6.04 Å². The summed E-state index contributed by atoms with van der Waals surface area (Å²) in [6.07, 6.45) is 4.37. The third-order valence-electron chi connectivity index (χ3n) is 5.23. The Labute approximate surface area is 182 Å². The van der Waals surface area contributed by atoms with Crippen LogP contribution >= 0.6 is 23.2 Å². The molecule has 0 spiro atoms. The zero-order chi connectivity index (χ0) is 21.3. The lowest BCUT2D eigenvalue weighted by molar-refractivity contribution is -0.122. The monoisotopic (exact) mass is 454 g/mol. The van der Waals surface area contributed by atoms with Crippen molar-refractivity contribution in [3.8, 4) is 0 Å². The Morgan fingerprint density at radius 3 is 2.38 bits per heavy atom. The number of sulfonamides is 1. The van der Waals surface area contributed by atoms with Gasteiger partial charge in [0.05, 0.1) is 28.0 Å². The number of fused-ring (bicyclic) bond motifs is 1. The summed E-state index contributed by atoms with van der Waals surface area (Å²) in [6.45, 7) is 3.44. The fourth-order valence-corrected chi connectivity index (χ4v) is 5.17. The summed E-state index contributed by atoms with van der Waals surface area (Å²) in [7, 11) is -3.73. The standard InChI is InChI=1S/C21H24Cl2N2O3S/c1-13(16-8-7-15-5-4-6-17(15)11-16)24-21(26)14(2)25(29(3,27)28)18-9-10-19(22)20(23)12-18/h7-14H,4-6H2,1-3H3,(H,24,26)/t13-,14-/m1/s1. The Bertz CT molecular complexity index is 1040. The first kappa shape index (κ1) is 21.9. The van der Waals surface area contributed by atoms with Crippen LogP contribution in [0.5, 0.6) is 0 Å². The van der Waals surface area contributed by atoms with Gasteiger partial charge in [0.25, 0.3) is 0 Å². The fourth-order valence-electron chi connectivity index (χ4n) is 3.71. The highest BCUT2D eigenvalue weighted by Crippen LogP contribution is 2.30. The van der Waals surface area contributed by atoms with Crippen molar-refractivity contribution in [2.45, 2.75) is 45.2 Å². The molecule has 0 bridgehead atoms. The molecular formula is C21H24Cl2N2O3S. The van der Waals surface area contributed by atoms with Crippen molar-refractivity contribution < 1.29 is 13.2 Å². The molecule has 0 saturated carbocycles. The van der Waals surface area contributed by atoms with Gasteiger partial charge in [-0.1, -0.05) is 41.4 Å². The molecule has 0 heterocycles. The van der Waals surface area contributed by atoms with E-state index < -0.39 is 22.0 Å². The fraction of sp³-hybridized carbons (Fsp3) is 0.381. The molecule has 2 aromatic rings. The Kier molecular flexibility index (Phi) is 6.46. The minimum Gasteiger partial charge on any atom is -0.348 e. The van der Waals surface area contributed by atoms with Crippen molar-refractivity contribution in [1.82, 2.24) is 5.32 Å². The second-order valence-corrected chi connectivity index (χ2v) is 10.1. The molecule has 3 rings (SSSR count). The summed E-state index contributed by atoms with van der Waals surface area (Å²) in [4.78, 5) is 12.9. The number of carbonyl (C=O) groups excluding carboxylic acids is 1. The normalized spacial score (nSPS) is 15.5. The smallest absolute Gasteiger partial charge is 0.244 e. The lowest BCUT2D eigenvalue weighted by atomic mass is 10.0. The number of nitrogens with one attached hydrogen (secondary N) is 1. The highest BCUT2D eigenvalue weighted by molar-refractivity contribution is 7.92. The molecule has 8 heteroatoms. The van der Waals surface area contributed by atoms with E-state index in [1.54, 1.807) is 6.92 Å². The summed E-state index contributed by atoms with van der Waals surface area (Å²) >= 11 is 12.0. The van der Waals surface area contributed by atoms with Crippen LogP contribution < -0.4 is 9.62 Å². The highest BCUT2D eigenvalue weighted by Gasteiger charge is 2.30. The number of hydrogen-bond donors (Lipinski definition) is 1. The second kappa shape index (κ2) is 8.54. The van der Waals surface area contributed by atoms with Crippen LogP contribution in [0.3, 0.4) is 0 Å². The van der Waals surface area contributed by atoms with Crippen molar-refractivity contribution in [3.05, 3.63) is 63.1 Å². The summed E-state index contributed by atoms with van der Waals surface area (Å²) in [5.74, 6) is -0.394. The van der Waals surface area contributed by atoms with Crippen LogP contribution in [-0.4, -0.2) is 26.6 Å². The van der Waals surface area contributed by atoms with Crippen molar-refractivity contribution in [1.29, 1.82) is 0 Å². The van der Waals surface area contributed by atoms with Crippen LogP contribution in [0.2, 0.25) is 10.0 Å². The number of halogens is 2. The number of rotatable bonds is 6. The number of carbonyl (C=O) groups is 1. The van der Waals surface area contributed by atoms with Gasteiger partial charge in [-0.2, -0.15) is 0 Å². The number of aryl methyl sites for hydroxylation is 2. The molecule has 2 atom stereocenters. The maximum absolute atomic E-state index is 12.9. The number of anilines is 1. The maximum Gasteiger partial charge on any atom is 0.244 e. The Balaban J connectivity index is 1.81. The summed E-state index contributed by atoms with van der Waals surface area (Å²) in [6, 6.07) is 9.54. The van der Waals surface area contributed by atoms with E-state index in [1.165, 1.54) is 29.3 Å². The zero-order valence-corrected chi connectivity index (χ0v) is 18.9. The van der Waals surface area contributed by atoms with E-state index in [9.17, 15) is 13.2 Å². The van der Waals surface area contributed by atoms with E-state index in [0.717, 1.165) is 35.4 Å². The van der Waals surface area contributed by atoms with Gasteiger partial charge >= 0.3 is 0 Å². The third kappa shape index (κ3) is 4.87. The predicted molar refractivity (Wildman–Crippen MR) is 118 cm³/mol. The molecule has 0 aliphatic heterocycles. The van der Waals surface area contributed by atoms with Crippen molar-refractivity contribution >= 4 is 44.8 Å². The Morgan fingerprint density at radius 2 is 1.72 bits per heavy atom. The van der Waals surface area contributed by atoms with Crippen LogP contribution in [0, 0.1) is 0 Å².